The van der Waals surface area contributed by atoms with Crippen LogP contribution in [0, 0.1) is 13.8 Å². The number of hydrogen-bond donors (Lipinski definition) is 1. The van der Waals surface area contributed by atoms with Crippen LogP contribution in [0.25, 0.3) is 0 Å². The van der Waals surface area contributed by atoms with Gasteiger partial charge in [-0.25, -0.2) is 13.2 Å². The summed E-state index contributed by atoms with van der Waals surface area (Å²) in [4.78, 5) is 14.3. The lowest BCUT2D eigenvalue weighted by Crippen LogP contribution is -2.53. The number of amides is 2. The van der Waals surface area contributed by atoms with E-state index in [1.165, 1.54) is 4.31 Å². The molecule has 2 aromatic rings. The van der Waals surface area contributed by atoms with Gasteiger partial charge in [0.15, 0.2) is 0 Å². The third kappa shape index (κ3) is 5.27. The van der Waals surface area contributed by atoms with Crippen LogP contribution in [0.5, 0.6) is 5.75 Å². The minimum Gasteiger partial charge on any atom is -0.492 e. The van der Waals surface area contributed by atoms with E-state index in [-0.39, 0.29) is 19.1 Å². The topological polar surface area (TPSA) is 79.0 Å². The highest BCUT2D eigenvalue weighted by molar-refractivity contribution is 7.89. The van der Waals surface area contributed by atoms with Gasteiger partial charge in [-0.1, -0.05) is 30.3 Å². The van der Waals surface area contributed by atoms with Crippen molar-refractivity contribution in [2.45, 2.75) is 18.7 Å². The number of carbonyl (C=O) groups excluding carboxylic acids is 1. The number of urea groups is 1. The maximum absolute atomic E-state index is 13.0. The summed E-state index contributed by atoms with van der Waals surface area (Å²) < 4.78 is 33.0. The molecule has 29 heavy (non-hydrogen) atoms. The van der Waals surface area contributed by atoms with Gasteiger partial charge in [-0.15, -0.1) is 0 Å². The molecule has 8 heteroatoms. The van der Waals surface area contributed by atoms with E-state index >= 15 is 0 Å². The van der Waals surface area contributed by atoms with Gasteiger partial charge < -0.3 is 15.0 Å². The molecule has 1 aliphatic heterocycles. The Balaban J connectivity index is 1.48. The SMILES string of the molecule is Cc1ccc(C)c(S(=O)(=O)N2CCN(C(=O)NCCOc3ccccc3)CC2)c1. The number of ether oxygens (including phenoxy) is 1. The molecule has 0 bridgehead atoms. The number of aryl methyl sites for hydroxylation is 2. The van der Waals surface area contributed by atoms with Crippen LogP contribution in [0.4, 0.5) is 4.79 Å². The summed E-state index contributed by atoms with van der Waals surface area (Å²) >= 11 is 0. The van der Waals surface area contributed by atoms with Gasteiger partial charge in [-0.05, 0) is 43.2 Å². The van der Waals surface area contributed by atoms with Crippen LogP contribution in [0.3, 0.4) is 0 Å². The number of para-hydroxylation sites is 1. The first-order valence-corrected chi connectivity index (χ1v) is 11.1. The lowest BCUT2D eigenvalue weighted by atomic mass is 10.2. The largest absolute Gasteiger partial charge is 0.492 e. The highest BCUT2D eigenvalue weighted by Crippen LogP contribution is 2.22. The molecule has 3 rings (SSSR count). The maximum Gasteiger partial charge on any atom is 0.317 e. The fraction of sp³-hybridized carbons (Fsp3) is 0.381. The fourth-order valence-electron chi connectivity index (χ4n) is 3.21. The predicted octanol–water partition coefficient (Wildman–Crippen LogP) is 2.40. The first-order valence-electron chi connectivity index (χ1n) is 9.66. The van der Waals surface area contributed by atoms with Crippen molar-refractivity contribution in [3.05, 3.63) is 59.7 Å². The van der Waals surface area contributed by atoms with E-state index in [0.29, 0.717) is 31.1 Å². The Morgan fingerprint density at radius 2 is 1.72 bits per heavy atom. The molecule has 1 saturated heterocycles. The Labute approximate surface area is 172 Å². The van der Waals surface area contributed by atoms with E-state index in [0.717, 1.165) is 16.9 Å². The quantitative estimate of drug-likeness (QED) is 0.732. The molecule has 2 amide bonds. The standard InChI is InChI=1S/C21H27N3O4S/c1-17-8-9-18(2)20(16-17)29(26,27)24-13-11-23(12-14-24)21(25)22-10-15-28-19-6-4-3-5-7-19/h3-9,16H,10-15H2,1-2H3,(H,22,25). The average molecular weight is 418 g/mol. The molecule has 0 spiro atoms. The lowest BCUT2D eigenvalue weighted by Gasteiger charge is -2.34. The number of nitrogens with one attached hydrogen (secondary N) is 1. The number of benzene rings is 2. The first kappa shape index (κ1) is 21.1. The van der Waals surface area contributed by atoms with Crippen LogP contribution < -0.4 is 10.1 Å². The number of nitrogens with zero attached hydrogens (tertiary/aromatic N) is 2. The average Bonchev–Trinajstić information content (AvgIpc) is 2.73. The molecule has 1 heterocycles. The number of sulfonamides is 1. The molecule has 0 radical (unpaired) electrons. The van der Waals surface area contributed by atoms with Crippen LogP contribution in [0.15, 0.2) is 53.4 Å². The molecule has 7 nitrogen and oxygen atoms in total. The van der Waals surface area contributed by atoms with Crippen molar-refractivity contribution in [3.8, 4) is 5.75 Å². The van der Waals surface area contributed by atoms with E-state index in [1.807, 2.05) is 49.4 Å². The van der Waals surface area contributed by atoms with Crippen molar-refractivity contribution in [3.63, 3.8) is 0 Å². The van der Waals surface area contributed by atoms with Crippen molar-refractivity contribution < 1.29 is 17.9 Å². The van der Waals surface area contributed by atoms with Crippen LogP contribution in [-0.4, -0.2) is 63.0 Å². The zero-order chi connectivity index (χ0) is 20.9. The van der Waals surface area contributed by atoms with Crippen molar-refractivity contribution in [1.29, 1.82) is 0 Å². The highest BCUT2D eigenvalue weighted by atomic mass is 32.2. The van der Waals surface area contributed by atoms with Crippen molar-refractivity contribution in [2.24, 2.45) is 0 Å². The van der Waals surface area contributed by atoms with Crippen molar-refractivity contribution in [2.75, 3.05) is 39.3 Å². The minimum atomic E-state index is -3.56. The molecule has 1 N–H and O–H groups in total. The van der Waals surface area contributed by atoms with Gasteiger partial charge >= 0.3 is 6.03 Å². The molecule has 1 fully saturated rings. The van der Waals surface area contributed by atoms with E-state index < -0.39 is 10.0 Å². The van der Waals surface area contributed by atoms with Crippen molar-refractivity contribution >= 4 is 16.1 Å². The third-order valence-corrected chi connectivity index (χ3v) is 6.92. The van der Waals surface area contributed by atoms with Crippen LogP contribution in [0.1, 0.15) is 11.1 Å². The van der Waals surface area contributed by atoms with E-state index in [4.69, 9.17) is 4.74 Å². The van der Waals surface area contributed by atoms with E-state index in [2.05, 4.69) is 5.32 Å². The molecular weight excluding hydrogens is 390 g/mol. The smallest absolute Gasteiger partial charge is 0.317 e. The summed E-state index contributed by atoms with van der Waals surface area (Å²) in [6.45, 7) is 5.71. The molecular formula is C21H27N3O4S. The van der Waals surface area contributed by atoms with Crippen molar-refractivity contribution in [1.82, 2.24) is 14.5 Å². The number of hydrogen-bond acceptors (Lipinski definition) is 4. The van der Waals surface area contributed by atoms with Gasteiger partial charge in [0.05, 0.1) is 11.4 Å². The van der Waals surface area contributed by atoms with E-state index in [9.17, 15) is 13.2 Å². The molecule has 156 valence electrons. The Morgan fingerprint density at radius 3 is 2.41 bits per heavy atom. The molecule has 2 aromatic carbocycles. The van der Waals surface area contributed by atoms with Gasteiger partial charge in [0.1, 0.15) is 12.4 Å². The lowest BCUT2D eigenvalue weighted by molar-refractivity contribution is 0.170. The Hall–Kier alpha value is -2.58. The number of piperazine rings is 1. The van der Waals surface area contributed by atoms with Gasteiger partial charge in [-0.2, -0.15) is 4.31 Å². The minimum absolute atomic E-state index is 0.203. The summed E-state index contributed by atoms with van der Waals surface area (Å²) in [5, 5.41) is 2.82. The second-order valence-electron chi connectivity index (χ2n) is 7.05. The van der Waals surface area contributed by atoms with Gasteiger partial charge in [-0.3, -0.25) is 0 Å². The maximum atomic E-state index is 13.0. The fourth-order valence-corrected chi connectivity index (χ4v) is 4.94. The van der Waals surface area contributed by atoms with Gasteiger partial charge in [0, 0.05) is 26.2 Å². The monoisotopic (exact) mass is 417 g/mol. The first-order chi connectivity index (χ1) is 13.9. The summed E-state index contributed by atoms with van der Waals surface area (Å²) in [5.74, 6) is 0.756. The second-order valence-corrected chi connectivity index (χ2v) is 8.96. The molecule has 0 atom stereocenters. The summed E-state index contributed by atoms with van der Waals surface area (Å²) in [5.41, 5.74) is 1.64. The summed E-state index contributed by atoms with van der Waals surface area (Å²) in [7, 11) is -3.56. The zero-order valence-electron chi connectivity index (χ0n) is 16.8. The summed E-state index contributed by atoms with van der Waals surface area (Å²) in [6.07, 6.45) is 0. The Bertz CT molecular complexity index is 940. The predicted molar refractivity (Wildman–Crippen MR) is 112 cm³/mol. The highest BCUT2D eigenvalue weighted by Gasteiger charge is 2.31. The van der Waals surface area contributed by atoms with Crippen LogP contribution in [0.2, 0.25) is 0 Å². The normalized spacial score (nSPS) is 15.2. The molecule has 0 unspecified atom stereocenters. The third-order valence-electron chi connectivity index (χ3n) is 4.88. The Morgan fingerprint density at radius 1 is 1.03 bits per heavy atom. The molecule has 0 saturated carbocycles. The van der Waals surface area contributed by atoms with Gasteiger partial charge in [0.2, 0.25) is 10.0 Å². The molecule has 0 aromatic heterocycles. The number of rotatable bonds is 6. The molecule has 0 aliphatic carbocycles. The molecule has 1 aliphatic rings. The number of carbonyl (C=O) groups is 1. The second kappa shape index (κ2) is 9.28. The summed E-state index contributed by atoms with van der Waals surface area (Å²) in [6, 6.07) is 14.6. The van der Waals surface area contributed by atoms with Gasteiger partial charge in [0.25, 0.3) is 0 Å². The van der Waals surface area contributed by atoms with Crippen LogP contribution in [-0.2, 0) is 10.0 Å². The Kier molecular flexibility index (Phi) is 6.76. The van der Waals surface area contributed by atoms with Crippen LogP contribution >= 0.6 is 0 Å². The van der Waals surface area contributed by atoms with E-state index in [1.54, 1.807) is 17.9 Å². The zero-order valence-corrected chi connectivity index (χ0v) is 17.6.